The van der Waals surface area contributed by atoms with E-state index in [4.69, 9.17) is 10.5 Å². The van der Waals surface area contributed by atoms with Gasteiger partial charge in [0.2, 0.25) is 0 Å². The van der Waals surface area contributed by atoms with Crippen molar-refractivity contribution >= 4 is 15.9 Å². The number of benzene rings is 1. The zero-order valence-electron chi connectivity index (χ0n) is 10.3. The second-order valence-corrected chi connectivity index (χ2v) is 6.13. The predicted octanol–water partition coefficient (Wildman–Crippen LogP) is 3.59. The SMILES string of the molecule is CC(N)C(Oc1ccc(Br)cc1)C(C)(C)C. The molecule has 0 saturated heterocycles. The summed E-state index contributed by atoms with van der Waals surface area (Å²) >= 11 is 3.40. The van der Waals surface area contributed by atoms with Crippen LogP contribution < -0.4 is 10.5 Å². The molecule has 0 amide bonds. The first-order chi connectivity index (χ1) is 7.30. The average Bonchev–Trinajstić information content (AvgIpc) is 2.14. The van der Waals surface area contributed by atoms with E-state index in [1.807, 2.05) is 31.2 Å². The Bertz CT molecular complexity index is 327. The van der Waals surface area contributed by atoms with Gasteiger partial charge in [-0.05, 0) is 31.2 Å². The summed E-state index contributed by atoms with van der Waals surface area (Å²) in [5, 5.41) is 0. The first-order valence-corrected chi connectivity index (χ1v) is 6.28. The third-order valence-corrected chi connectivity index (χ3v) is 2.94. The van der Waals surface area contributed by atoms with Crippen molar-refractivity contribution in [1.82, 2.24) is 0 Å². The van der Waals surface area contributed by atoms with Crippen LogP contribution in [0.5, 0.6) is 5.75 Å². The number of nitrogens with two attached hydrogens (primary N) is 1. The zero-order valence-corrected chi connectivity index (χ0v) is 11.9. The highest BCUT2D eigenvalue weighted by Crippen LogP contribution is 2.27. The van der Waals surface area contributed by atoms with Crippen LogP contribution in [0.25, 0.3) is 0 Å². The number of rotatable bonds is 3. The Labute approximate surface area is 106 Å². The van der Waals surface area contributed by atoms with Gasteiger partial charge in [0.05, 0.1) is 0 Å². The third-order valence-electron chi connectivity index (χ3n) is 2.41. The minimum Gasteiger partial charge on any atom is -0.488 e. The Morgan fingerprint density at radius 2 is 1.69 bits per heavy atom. The smallest absolute Gasteiger partial charge is 0.119 e. The first kappa shape index (κ1) is 13.5. The van der Waals surface area contributed by atoms with E-state index >= 15 is 0 Å². The second kappa shape index (κ2) is 5.19. The lowest BCUT2D eigenvalue weighted by Crippen LogP contribution is -2.45. The molecule has 16 heavy (non-hydrogen) atoms. The fraction of sp³-hybridized carbons (Fsp3) is 0.538. The van der Waals surface area contributed by atoms with Crippen molar-refractivity contribution in [2.45, 2.75) is 39.8 Å². The summed E-state index contributed by atoms with van der Waals surface area (Å²) in [6, 6.07) is 7.84. The number of hydrogen-bond acceptors (Lipinski definition) is 2. The molecule has 0 aromatic heterocycles. The molecule has 2 atom stereocenters. The Kier molecular flexibility index (Phi) is 4.39. The number of ether oxygens (including phenoxy) is 1. The van der Waals surface area contributed by atoms with Crippen LogP contribution in [0, 0.1) is 5.41 Å². The Morgan fingerprint density at radius 1 is 1.19 bits per heavy atom. The number of halogens is 1. The highest BCUT2D eigenvalue weighted by molar-refractivity contribution is 9.10. The van der Waals surface area contributed by atoms with Crippen molar-refractivity contribution in [1.29, 1.82) is 0 Å². The van der Waals surface area contributed by atoms with E-state index in [0.717, 1.165) is 10.2 Å². The van der Waals surface area contributed by atoms with Gasteiger partial charge in [-0.15, -0.1) is 0 Å². The minimum atomic E-state index is 0.00338. The van der Waals surface area contributed by atoms with Crippen LogP contribution >= 0.6 is 15.9 Å². The van der Waals surface area contributed by atoms with Crippen LogP contribution in [0.15, 0.2) is 28.7 Å². The maximum Gasteiger partial charge on any atom is 0.119 e. The normalized spacial score (nSPS) is 15.6. The van der Waals surface area contributed by atoms with Crippen molar-refractivity contribution in [3.63, 3.8) is 0 Å². The summed E-state index contributed by atoms with van der Waals surface area (Å²) in [7, 11) is 0. The summed E-state index contributed by atoms with van der Waals surface area (Å²) < 4.78 is 7.00. The van der Waals surface area contributed by atoms with Gasteiger partial charge in [-0.25, -0.2) is 0 Å². The van der Waals surface area contributed by atoms with E-state index in [0.29, 0.717) is 0 Å². The number of hydrogen-bond donors (Lipinski definition) is 1. The molecule has 0 aliphatic carbocycles. The molecular formula is C13H20BrNO. The monoisotopic (exact) mass is 285 g/mol. The van der Waals surface area contributed by atoms with Crippen molar-refractivity contribution in [3.05, 3.63) is 28.7 Å². The fourth-order valence-electron chi connectivity index (χ4n) is 1.73. The van der Waals surface area contributed by atoms with E-state index in [9.17, 15) is 0 Å². The fourth-order valence-corrected chi connectivity index (χ4v) is 2.00. The molecule has 1 aromatic rings. The van der Waals surface area contributed by atoms with Gasteiger partial charge in [0.25, 0.3) is 0 Å². The second-order valence-electron chi connectivity index (χ2n) is 5.22. The molecule has 90 valence electrons. The maximum atomic E-state index is 5.97. The van der Waals surface area contributed by atoms with Crippen LogP contribution in [0.3, 0.4) is 0 Å². The molecule has 1 aromatic carbocycles. The maximum absolute atomic E-state index is 5.97. The van der Waals surface area contributed by atoms with Gasteiger partial charge in [-0.3, -0.25) is 0 Å². The molecule has 3 heteroatoms. The lowest BCUT2D eigenvalue weighted by Gasteiger charge is -2.34. The van der Waals surface area contributed by atoms with Crippen LogP contribution in [-0.2, 0) is 0 Å². The molecule has 2 nitrogen and oxygen atoms in total. The average molecular weight is 286 g/mol. The van der Waals surface area contributed by atoms with Gasteiger partial charge in [0.1, 0.15) is 11.9 Å². The summed E-state index contributed by atoms with van der Waals surface area (Å²) in [6.45, 7) is 8.40. The van der Waals surface area contributed by atoms with Gasteiger partial charge in [-0.2, -0.15) is 0 Å². The quantitative estimate of drug-likeness (QED) is 0.921. The van der Waals surface area contributed by atoms with Crippen LogP contribution in [0.1, 0.15) is 27.7 Å². The van der Waals surface area contributed by atoms with Gasteiger partial charge in [0, 0.05) is 15.9 Å². The van der Waals surface area contributed by atoms with E-state index in [2.05, 4.69) is 36.7 Å². The van der Waals surface area contributed by atoms with Crippen LogP contribution in [-0.4, -0.2) is 12.1 Å². The molecule has 0 saturated carbocycles. The van der Waals surface area contributed by atoms with Crippen molar-refractivity contribution < 1.29 is 4.74 Å². The largest absolute Gasteiger partial charge is 0.488 e. The summed E-state index contributed by atoms with van der Waals surface area (Å²) in [5.74, 6) is 0.862. The van der Waals surface area contributed by atoms with Gasteiger partial charge >= 0.3 is 0 Å². The van der Waals surface area contributed by atoms with Gasteiger partial charge < -0.3 is 10.5 Å². The van der Waals surface area contributed by atoms with Gasteiger partial charge in [0.15, 0.2) is 0 Å². The van der Waals surface area contributed by atoms with E-state index in [1.165, 1.54) is 0 Å². The molecular weight excluding hydrogens is 266 g/mol. The molecule has 0 aliphatic heterocycles. The Morgan fingerprint density at radius 3 is 2.06 bits per heavy atom. The lowest BCUT2D eigenvalue weighted by atomic mass is 9.85. The van der Waals surface area contributed by atoms with Crippen molar-refractivity contribution in [2.24, 2.45) is 11.1 Å². The van der Waals surface area contributed by atoms with E-state index in [-0.39, 0.29) is 17.6 Å². The van der Waals surface area contributed by atoms with E-state index in [1.54, 1.807) is 0 Å². The van der Waals surface area contributed by atoms with Crippen molar-refractivity contribution in [3.8, 4) is 5.75 Å². The Hall–Kier alpha value is -0.540. The summed E-state index contributed by atoms with van der Waals surface area (Å²) in [5.41, 5.74) is 6.00. The molecule has 0 radical (unpaired) electrons. The highest BCUT2D eigenvalue weighted by atomic mass is 79.9. The highest BCUT2D eigenvalue weighted by Gasteiger charge is 2.29. The molecule has 2 unspecified atom stereocenters. The topological polar surface area (TPSA) is 35.2 Å². The Balaban J connectivity index is 2.80. The summed E-state index contributed by atoms with van der Waals surface area (Å²) in [4.78, 5) is 0. The van der Waals surface area contributed by atoms with Crippen molar-refractivity contribution in [2.75, 3.05) is 0 Å². The van der Waals surface area contributed by atoms with Crippen LogP contribution in [0.2, 0.25) is 0 Å². The molecule has 0 heterocycles. The standard InChI is InChI=1S/C13H20BrNO/c1-9(15)12(13(2,3)4)16-11-7-5-10(14)6-8-11/h5-9,12H,15H2,1-4H3. The lowest BCUT2D eigenvalue weighted by molar-refractivity contribution is 0.0684. The third kappa shape index (κ3) is 3.80. The molecule has 0 fully saturated rings. The molecule has 1 rings (SSSR count). The van der Waals surface area contributed by atoms with Gasteiger partial charge in [-0.1, -0.05) is 36.7 Å². The molecule has 0 spiro atoms. The molecule has 0 bridgehead atoms. The summed E-state index contributed by atoms with van der Waals surface area (Å²) in [6.07, 6.45) is 0.00803. The molecule has 0 aliphatic rings. The molecule has 2 N–H and O–H groups in total. The van der Waals surface area contributed by atoms with Crippen LogP contribution in [0.4, 0.5) is 0 Å². The zero-order chi connectivity index (χ0) is 12.3. The predicted molar refractivity (Wildman–Crippen MR) is 71.7 cm³/mol. The van der Waals surface area contributed by atoms with E-state index < -0.39 is 0 Å². The minimum absolute atomic E-state index is 0.00338. The first-order valence-electron chi connectivity index (χ1n) is 5.48.